The highest BCUT2D eigenvalue weighted by atomic mass is 19.4. The number of ether oxygens (including phenoxy) is 1. The molecule has 0 radical (unpaired) electrons. The van der Waals surface area contributed by atoms with Gasteiger partial charge < -0.3 is 30.7 Å². The third-order valence-corrected chi connectivity index (χ3v) is 6.82. The Labute approximate surface area is 241 Å². The molecule has 0 amide bonds. The SMILES string of the molecule is CC.CNc1cc(-c2nc3c4c(nc(N5CCC5)nc4c2F)NCCNCCC(C)O3)c(C(F)(F)F)c(C)c1F.CO. The second-order valence-electron chi connectivity index (χ2n) is 9.44. The van der Waals surface area contributed by atoms with Crippen LogP contribution in [0.1, 0.15) is 44.7 Å². The maximum atomic E-state index is 16.3. The first-order valence-corrected chi connectivity index (χ1v) is 13.9. The largest absolute Gasteiger partial charge is 0.474 e. The molecule has 232 valence electrons. The van der Waals surface area contributed by atoms with Gasteiger partial charge in [-0.2, -0.15) is 18.2 Å². The van der Waals surface area contributed by atoms with Crippen molar-refractivity contribution in [3.05, 3.63) is 28.8 Å². The molecule has 0 saturated carbocycles. The van der Waals surface area contributed by atoms with Crippen molar-refractivity contribution < 1.29 is 31.8 Å². The molecule has 9 nitrogen and oxygen atoms in total. The van der Waals surface area contributed by atoms with Crippen LogP contribution in [0.5, 0.6) is 5.88 Å². The molecule has 1 aromatic carbocycles. The molecule has 2 aromatic heterocycles. The number of hydrogen-bond donors (Lipinski definition) is 4. The third kappa shape index (κ3) is 6.59. The monoisotopic (exact) mass is 599 g/mol. The van der Waals surface area contributed by atoms with Gasteiger partial charge in [-0.1, -0.05) is 13.8 Å². The van der Waals surface area contributed by atoms with Crippen molar-refractivity contribution in [2.45, 2.75) is 52.8 Å². The smallest absolute Gasteiger partial charge is 0.417 e. The summed E-state index contributed by atoms with van der Waals surface area (Å²) in [5.74, 6) is -1.70. The van der Waals surface area contributed by atoms with E-state index in [0.29, 0.717) is 39.1 Å². The van der Waals surface area contributed by atoms with Crippen molar-refractivity contribution in [1.82, 2.24) is 20.3 Å². The van der Waals surface area contributed by atoms with Gasteiger partial charge in [0.2, 0.25) is 11.8 Å². The van der Waals surface area contributed by atoms with Gasteiger partial charge in [0, 0.05) is 45.9 Å². The summed E-state index contributed by atoms with van der Waals surface area (Å²) in [6, 6.07) is 0.921. The van der Waals surface area contributed by atoms with Crippen LogP contribution in [0.4, 0.5) is 39.4 Å². The van der Waals surface area contributed by atoms with Gasteiger partial charge in [-0.05, 0) is 44.9 Å². The van der Waals surface area contributed by atoms with E-state index < -0.39 is 46.3 Å². The van der Waals surface area contributed by atoms with Gasteiger partial charge in [-0.3, -0.25) is 0 Å². The van der Waals surface area contributed by atoms with Crippen molar-refractivity contribution >= 4 is 28.4 Å². The van der Waals surface area contributed by atoms with E-state index in [9.17, 15) is 17.6 Å². The Morgan fingerprint density at radius 3 is 2.33 bits per heavy atom. The van der Waals surface area contributed by atoms with Gasteiger partial charge in [-0.25, -0.2) is 18.7 Å². The van der Waals surface area contributed by atoms with E-state index in [4.69, 9.17) is 9.84 Å². The van der Waals surface area contributed by atoms with Gasteiger partial charge in [0.05, 0.1) is 17.4 Å². The summed E-state index contributed by atoms with van der Waals surface area (Å²) in [6.45, 7) is 9.85. The van der Waals surface area contributed by atoms with Crippen LogP contribution in [0.2, 0.25) is 0 Å². The predicted molar refractivity (Wildman–Crippen MR) is 154 cm³/mol. The van der Waals surface area contributed by atoms with E-state index in [1.807, 2.05) is 18.7 Å². The average Bonchev–Trinajstić information content (AvgIpc) is 2.97. The third-order valence-electron chi connectivity index (χ3n) is 6.82. The maximum absolute atomic E-state index is 16.3. The van der Waals surface area contributed by atoms with Gasteiger partial charge in [0.1, 0.15) is 28.2 Å². The zero-order valence-electron chi connectivity index (χ0n) is 24.6. The first kappa shape index (κ1) is 33.0. The van der Waals surface area contributed by atoms with Gasteiger partial charge in [0.15, 0.2) is 5.82 Å². The molecule has 4 heterocycles. The number of nitrogens with one attached hydrogen (secondary N) is 3. The summed E-state index contributed by atoms with van der Waals surface area (Å²) < 4.78 is 79.9. The molecule has 2 aliphatic rings. The minimum Gasteiger partial charge on any atom is -0.474 e. The number of benzene rings is 1. The fraction of sp³-hybridized carbons (Fsp3) is 0.536. The number of halogens is 5. The Balaban J connectivity index is 0.00000116. The molecule has 1 atom stereocenters. The minimum absolute atomic E-state index is 0.0930. The van der Waals surface area contributed by atoms with Crippen LogP contribution >= 0.6 is 0 Å². The lowest BCUT2D eigenvalue weighted by Crippen LogP contribution is -2.38. The topological polar surface area (TPSA) is 107 Å². The van der Waals surface area contributed by atoms with E-state index in [2.05, 4.69) is 30.9 Å². The summed E-state index contributed by atoms with van der Waals surface area (Å²) in [7, 11) is 2.37. The van der Waals surface area contributed by atoms with Crippen LogP contribution in [0.25, 0.3) is 22.2 Å². The number of pyridine rings is 1. The lowest BCUT2D eigenvalue weighted by Gasteiger charge is -2.31. The van der Waals surface area contributed by atoms with E-state index >= 15 is 4.39 Å². The van der Waals surface area contributed by atoms with Crippen molar-refractivity contribution in [2.75, 3.05) is 62.4 Å². The average molecular weight is 600 g/mol. The van der Waals surface area contributed by atoms with E-state index in [1.54, 1.807) is 6.92 Å². The quantitative estimate of drug-likeness (QED) is 0.296. The van der Waals surface area contributed by atoms with Crippen LogP contribution in [-0.4, -0.2) is 73.0 Å². The predicted octanol–water partition coefficient (Wildman–Crippen LogP) is 5.36. The van der Waals surface area contributed by atoms with Gasteiger partial charge in [0.25, 0.3) is 0 Å². The van der Waals surface area contributed by atoms with Crippen molar-refractivity contribution in [2.24, 2.45) is 0 Å². The van der Waals surface area contributed by atoms with Crippen molar-refractivity contribution in [3.63, 3.8) is 0 Å². The Bertz CT molecular complexity index is 1380. The molecule has 0 spiro atoms. The van der Waals surface area contributed by atoms with E-state index in [0.717, 1.165) is 26.5 Å². The molecule has 14 heteroatoms. The molecule has 0 aliphatic carbocycles. The number of rotatable bonds is 3. The molecule has 3 aromatic rings. The molecule has 1 fully saturated rings. The summed E-state index contributed by atoms with van der Waals surface area (Å²) in [6.07, 6.45) is -3.89. The fourth-order valence-electron chi connectivity index (χ4n) is 4.66. The van der Waals surface area contributed by atoms with Crippen LogP contribution < -0.4 is 25.6 Å². The van der Waals surface area contributed by atoms with E-state index in [1.165, 1.54) is 7.05 Å². The normalized spacial score (nSPS) is 16.9. The number of nitrogens with zero attached hydrogens (tertiary/aromatic N) is 4. The molecule has 4 N–H and O–H groups in total. The Hall–Kier alpha value is -3.52. The maximum Gasteiger partial charge on any atom is 0.417 e. The molecule has 1 saturated heterocycles. The summed E-state index contributed by atoms with van der Waals surface area (Å²) >= 11 is 0. The first-order chi connectivity index (χ1) is 20.1. The first-order valence-electron chi connectivity index (χ1n) is 13.9. The second-order valence-corrected chi connectivity index (χ2v) is 9.44. The Kier molecular flexibility index (Phi) is 11.1. The Morgan fingerprint density at radius 1 is 1.05 bits per heavy atom. The summed E-state index contributed by atoms with van der Waals surface area (Å²) in [4.78, 5) is 15.2. The highest BCUT2D eigenvalue weighted by molar-refractivity contribution is 5.97. The van der Waals surface area contributed by atoms with Crippen LogP contribution in [0.3, 0.4) is 0 Å². The van der Waals surface area contributed by atoms with Crippen molar-refractivity contribution in [1.29, 1.82) is 0 Å². The molecular formula is C28H38F5N7O2. The molecule has 2 aliphatic heterocycles. The van der Waals surface area contributed by atoms with Crippen LogP contribution in [0.15, 0.2) is 6.07 Å². The highest BCUT2D eigenvalue weighted by Crippen LogP contribution is 2.45. The van der Waals surface area contributed by atoms with E-state index in [-0.39, 0.29) is 34.2 Å². The second kappa shape index (κ2) is 14.1. The van der Waals surface area contributed by atoms with Crippen LogP contribution in [-0.2, 0) is 6.18 Å². The number of aliphatic hydroxyl groups excluding tert-OH is 1. The van der Waals surface area contributed by atoms with Crippen molar-refractivity contribution in [3.8, 4) is 17.1 Å². The fourth-order valence-corrected chi connectivity index (χ4v) is 4.66. The number of aliphatic hydroxyl groups is 1. The highest BCUT2D eigenvalue weighted by Gasteiger charge is 2.39. The lowest BCUT2D eigenvalue weighted by molar-refractivity contribution is -0.137. The number of aromatic nitrogens is 3. The van der Waals surface area contributed by atoms with Gasteiger partial charge >= 0.3 is 6.18 Å². The molecule has 42 heavy (non-hydrogen) atoms. The molecule has 1 unspecified atom stereocenters. The summed E-state index contributed by atoms with van der Waals surface area (Å²) in [5, 5.41) is 16.1. The Morgan fingerprint density at radius 2 is 1.74 bits per heavy atom. The molecule has 5 rings (SSSR count). The number of hydrogen-bond acceptors (Lipinski definition) is 9. The standard InChI is InChI=1S/C25H28F5N7O.C2H6.CH4O/c1-12-5-6-32-7-8-33-22-16-21(35-24(36-22)37-9-4-10-37)19(27)20(34-23(16)38-12)14-11-15(31-3)18(26)13(2)17(14)25(28,29)30;2*1-2/h11-12,31-32H,4-10H2,1-3H3,(H,33,35,36);1-2H3;2H,1H3. The zero-order valence-corrected chi connectivity index (χ0v) is 24.6. The van der Waals surface area contributed by atoms with Crippen LogP contribution in [0, 0.1) is 18.6 Å². The number of anilines is 3. The molecular weight excluding hydrogens is 561 g/mol. The number of alkyl halides is 3. The zero-order chi connectivity index (χ0) is 31.2. The summed E-state index contributed by atoms with van der Waals surface area (Å²) in [5.41, 5.74) is -3.65. The van der Waals surface area contributed by atoms with Gasteiger partial charge in [-0.15, -0.1) is 0 Å². The minimum atomic E-state index is -4.98. The lowest BCUT2D eigenvalue weighted by atomic mass is 9.96. The molecule has 0 bridgehead atoms.